The number of hydrogen-bond acceptors (Lipinski definition) is 5. The van der Waals surface area contributed by atoms with Crippen molar-refractivity contribution in [3.63, 3.8) is 0 Å². The van der Waals surface area contributed by atoms with Crippen LogP contribution in [0.4, 0.5) is 5.82 Å². The molecule has 0 aromatic carbocycles. The van der Waals surface area contributed by atoms with Gasteiger partial charge in [0.15, 0.2) is 5.78 Å². The van der Waals surface area contributed by atoms with Crippen LogP contribution in [0, 0.1) is 11.3 Å². The summed E-state index contributed by atoms with van der Waals surface area (Å²) >= 11 is 0. The van der Waals surface area contributed by atoms with Gasteiger partial charge in [0.1, 0.15) is 5.82 Å². The molecule has 1 aliphatic heterocycles. The fraction of sp³-hybridized carbons (Fsp3) is 0.462. The third-order valence-electron chi connectivity index (χ3n) is 2.97. The number of nitrogens with zero attached hydrogens (tertiary/aromatic N) is 3. The molecule has 0 radical (unpaired) electrons. The van der Waals surface area contributed by atoms with Crippen molar-refractivity contribution in [1.29, 1.82) is 5.26 Å². The van der Waals surface area contributed by atoms with E-state index in [0.29, 0.717) is 5.56 Å². The van der Waals surface area contributed by atoms with Gasteiger partial charge in [0.2, 0.25) is 0 Å². The molecule has 0 bridgehead atoms. The van der Waals surface area contributed by atoms with Gasteiger partial charge in [-0.2, -0.15) is 5.26 Å². The highest BCUT2D eigenvalue weighted by Gasteiger charge is 2.18. The molecule has 1 N–H and O–H groups in total. The lowest BCUT2D eigenvalue weighted by Gasteiger charge is -2.29. The highest BCUT2D eigenvalue weighted by molar-refractivity contribution is 6.00. The van der Waals surface area contributed by atoms with Gasteiger partial charge in [-0.3, -0.25) is 4.79 Å². The Hall–Kier alpha value is -1.93. The maximum Gasteiger partial charge on any atom is 0.167 e. The second-order valence-corrected chi connectivity index (χ2v) is 4.19. The van der Waals surface area contributed by atoms with Gasteiger partial charge in [0.25, 0.3) is 0 Å². The molecule has 0 amide bonds. The van der Waals surface area contributed by atoms with Crippen molar-refractivity contribution in [2.45, 2.75) is 12.8 Å². The maximum absolute atomic E-state index is 12.0. The Kier molecular flexibility index (Phi) is 4.26. The maximum atomic E-state index is 12.0. The van der Waals surface area contributed by atoms with E-state index in [0.717, 1.165) is 32.0 Å². The zero-order valence-corrected chi connectivity index (χ0v) is 10.2. The number of carbonyl (C=O) groups is 1. The number of ketones is 1. The molecule has 5 nitrogen and oxygen atoms in total. The predicted octanol–water partition coefficient (Wildman–Crippen LogP) is 0.978. The summed E-state index contributed by atoms with van der Waals surface area (Å²) in [4.78, 5) is 18.5. The number of aromatic nitrogens is 1. The fourth-order valence-corrected chi connectivity index (χ4v) is 2.05. The first-order valence-electron chi connectivity index (χ1n) is 6.14. The van der Waals surface area contributed by atoms with E-state index >= 15 is 0 Å². The van der Waals surface area contributed by atoms with E-state index in [9.17, 15) is 4.79 Å². The van der Waals surface area contributed by atoms with Crippen LogP contribution in [-0.2, 0) is 0 Å². The SMILES string of the molecule is N#CCCC(=O)c1cccnc1N1CCNCC1. The quantitative estimate of drug-likeness (QED) is 0.799. The number of nitrogens with one attached hydrogen (secondary N) is 1. The standard InChI is InChI=1S/C13H16N4O/c14-5-1-4-12(18)11-3-2-6-16-13(11)17-9-7-15-8-10-17/h2-3,6,15H,1,4,7-10H2. The zero-order valence-electron chi connectivity index (χ0n) is 10.2. The Bertz CT molecular complexity index is 460. The minimum Gasteiger partial charge on any atom is -0.353 e. The summed E-state index contributed by atoms with van der Waals surface area (Å²) in [5.74, 6) is 0.750. The number of anilines is 1. The Morgan fingerprint density at radius 2 is 2.28 bits per heavy atom. The number of nitriles is 1. The molecule has 0 atom stereocenters. The summed E-state index contributed by atoms with van der Waals surface area (Å²) in [6.07, 6.45) is 2.23. The van der Waals surface area contributed by atoms with Crippen molar-refractivity contribution in [1.82, 2.24) is 10.3 Å². The number of Topliss-reactive ketones (excluding diaryl/α,β-unsaturated/α-hetero) is 1. The largest absolute Gasteiger partial charge is 0.353 e. The second kappa shape index (κ2) is 6.12. The predicted molar refractivity (Wildman–Crippen MR) is 68.5 cm³/mol. The number of carbonyl (C=O) groups excluding carboxylic acids is 1. The summed E-state index contributed by atoms with van der Waals surface area (Å²) in [5.41, 5.74) is 0.634. The highest BCUT2D eigenvalue weighted by Crippen LogP contribution is 2.19. The summed E-state index contributed by atoms with van der Waals surface area (Å²) in [6.45, 7) is 3.52. The fourth-order valence-electron chi connectivity index (χ4n) is 2.05. The smallest absolute Gasteiger partial charge is 0.167 e. The Balaban J connectivity index is 2.19. The van der Waals surface area contributed by atoms with Crippen LogP contribution in [0.2, 0.25) is 0 Å². The van der Waals surface area contributed by atoms with E-state index < -0.39 is 0 Å². The van der Waals surface area contributed by atoms with Crippen molar-refractivity contribution in [3.05, 3.63) is 23.9 Å². The molecule has 94 valence electrons. The average Bonchev–Trinajstić information content (AvgIpc) is 2.45. The van der Waals surface area contributed by atoms with Gasteiger partial charge in [-0.05, 0) is 12.1 Å². The summed E-state index contributed by atoms with van der Waals surface area (Å²) < 4.78 is 0. The Labute approximate surface area is 106 Å². The lowest BCUT2D eigenvalue weighted by molar-refractivity contribution is 0.0984. The van der Waals surface area contributed by atoms with Crippen molar-refractivity contribution >= 4 is 11.6 Å². The Morgan fingerprint density at radius 1 is 1.50 bits per heavy atom. The van der Waals surface area contributed by atoms with E-state index in [-0.39, 0.29) is 18.6 Å². The first-order valence-corrected chi connectivity index (χ1v) is 6.14. The molecule has 0 spiro atoms. The molecule has 1 saturated heterocycles. The van der Waals surface area contributed by atoms with Crippen LogP contribution in [0.15, 0.2) is 18.3 Å². The topological polar surface area (TPSA) is 69.0 Å². The van der Waals surface area contributed by atoms with E-state index in [4.69, 9.17) is 5.26 Å². The van der Waals surface area contributed by atoms with Crippen molar-refractivity contribution in [3.8, 4) is 6.07 Å². The zero-order chi connectivity index (χ0) is 12.8. The molecular formula is C13H16N4O. The molecular weight excluding hydrogens is 228 g/mol. The molecule has 1 fully saturated rings. The van der Waals surface area contributed by atoms with E-state index in [2.05, 4.69) is 15.2 Å². The van der Waals surface area contributed by atoms with E-state index in [1.165, 1.54) is 0 Å². The molecule has 2 heterocycles. The van der Waals surface area contributed by atoms with Crippen LogP contribution in [0.1, 0.15) is 23.2 Å². The Morgan fingerprint density at radius 3 is 3.00 bits per heavy atom. The normalized spacial score (nSPS) is 15.2. The third-order valence-corrected chi connectivity index (χ3v) is 2.97. The van der Waals surface area contributed by atoms with Crippen molar-refractivity contribution in [2.24, 2.45) is 0 Å². The number of hydrogen-bond donors (Lipinski definition) is 1. The number of piperazine rings is 1. The summed E-state index contributed by atoms with van der Waals surface area (Å²) in [6, 6.07) is 5.57. The van der Waals surface area contributed by atoms with E-state index in [1.807, 2.05) is 6.07 Å². The van der Waals surface area contributed by atoms with Gasteiger partial charge in [-0.1, -0.05) is 0 Å². The van der Waals surface area contributed by atoms with Gasteiger partial charge in [0.05, 0.1) is 11.6 Å². The summed E-state index contributed by atoms with van der Waals surface area (Å²) in [5, 5.41) is 11.8. The molecule has 2 rings (SSSR count). The molecule has 1 aliphatic rings. The minimum absolute atomic E-state index is 0.00168. The molecule has 0 unspecified atom stereocenters. The third kappa shape index (κ3) is 2.84. The van der Waals surface area contributed by atoms with Crippen LogP contribution in [0.25, 0.3) is 0 Å². The molecule has 18 heavy (non-hydrogen) atoms. The number of rotatable bonds is 4. The second-order valence-electron chi connectivity index (χ2n) is 4.19. The molecule has 0 aliphatic carbocycles. The average molecular weight is 244 g/mol. The molecule has 5 heteroatoms. The first kappa shape index (κ1) is 12.5. The van der Waals surface area contributed by atoms with Crippen molar-refractivity contribution < 1.29 is 4.79 Å². The lowest BCUT2D eigenvalue weighted by Crippen LogP contribution is -2.44. The van der Waals surface area contributed by atoms with Gasteiger partial charge >= 0.3 is 0 Å². The first-order chi connectivity index (χ1) is 8.83. The molecule has 1 aromatic heterocycles. The van der Waals surface area contributed by atoms with Gasteiger partial charge in [-0.15, -0.1) is 0 Å². The van der Waals surface area contributed by atoms with Gasteiger partial charge in [0, 0.05) is 45.2 Å². The molecule has 0 saturated carbocycles. The lowest BCUT2D eigenvalue weighted by atomic mass is 10.1. The number of pyridine rings is 1. The summed E-state index contributed by atoms with van der Waals surface area (Å²) in [7, 11) is 0. The monoisotopic (exact) mass is 244 g/mol. The van der Waals surface area contributed by atoms with Gasteiger partial charge in [-0.25, -0.2) is 4.98 Å². The van der Waals surface area contributed by atoms with Crippen molar-refractivity contribution in [2.75, 3.05) is 31.1 Å². The minimum atomic E-state index is -0.00168. The van der Waals surface area contributed by atoms with Gasteiger partial charge < -0.3 is 10.2 Å². The van der Waals surface area contributed by atoms with Crippen LogP contribution in [-0.4, -0.2) is 36.9 Å². The molecule has 1 aromatic rings. The van der Waals surface area contributed by atoms with Crippen LogP contribution >= 0.6 is 0 Å². The van der Waals surface area contributed by atoms with E-state index in [1.54, 1.807) is 18.3 Å². The van der Waals surface area contributed by atoms with Crippen LogP contribution in [0.5, 0.6) is 0 Å². The highest BCUT2D eigenvalue weighted by atomic mass is 16.1. The van der Waals surface area contributed by atoms with Crippen LogP contribution in [0.3, 0.4) is 0 Å². The van der Waals surface area contributed by atoms with Crippen LogP contribution < -0.4 is 10.2 Å².